The normalized spacial score (nSPS) is 19.4. The molecule has 0 aromatic heterocycles. The van der Waals surface area contributed by atoms with Crippen molar-refractivity contribution in [3.8, 4) is 0 Å². The molecule has 0 radical (unpaired) electrons. The molecule has 4 heteroatoms. The van der Waals surface area contributed by atoms with Crippen LogP contribution < -0.4 is 0 Å². The molecule has 1 aromatic rings. The van der Waals surface area contributed by atoms with Gasteiger partial charge in [0.2, 0.25) is 0 Å². The van der Waals surface area contributed by atoms with E-state index in [4.69, 9.17) is 0 Å². The monoisotopic (exact) mass is 267 g/mol. The molecule has 2 nitrogen and oxygen atoms in total. The highest BCUT2D eigenvalue weighted by atomic mass is 32.2. The summed E-state index contributed by atoms with van der Waals surface area (Å²) in [7, 11) is 0. The largest absolute Gasteiger partial charge is 0.338 e. The lowest BCUT2D eigenvalue weighted by Crippen LogP contribution is -2.34. The average Bonchev–Trinajstić information content (AvgIpc) is 2.50. The van der Waals surface area contributed by atoms with Gasteiger partial charge in [-0.15, -0.1) is 0 Å². The lowest BCUT2D eigenvalue weighted by atomic mass is 10.1. The number of nitrogens with zero attached hydrogens (tertiary/aromatic N) is 1. The summed E-state index contributed by atoms with van der Waals surface area (Å²) >= 11 is 1.87. The van der Waals surface area contributed by atoms with Gasteiger partial charge < -0.3 is 4.90 Å². The van der Waals surface area contributed by atoms with Crippen LogP contribution in [0.2, 0.25) is 0 Å². The van der Waals surface area contributed by atoms with Crippen molar-refractivity contribution in [2.45, 2.75) is 25.0 Å². The molecule has 1 fully saturated rings. The maximum atomic E-state index is 13.6. The van der Waals surface area contributed by atoms with Crippen molar-refractivity contribution < 1.29 is 9.18 Å². The molecule has 98 valence electrons. The van der Waals surface area contributed by atoms with Crippen molar-refractivity contribution >= 4 is 17.7 Å². The topological polar surface area (TPSA) is 20.3 Å². The van der Waals surface area contributed by atoms with Crippen LogP contribution in [0.1, 0.15) is 30.6 Å². The van der Waals surface area contributed by atoms with E-state index in [0.717, 1.165) is 12.2 Å². The third-order valence-electron chi connectivity index (χ3n) is 3.23. The summed E-state index contributed by atoms with van der Waals surface area (Å²) in [6.07, 6.45) is 0.942. The van der Waals surface area contributed by atoms with Crippen LogP contribution >= 0.6 is 11.8 Å². The Morgan fingerprint density at radius 3 is 2.78 bits per heavy atom. The van der Waals surface area contributed by atoms with Crippen LogP contribution in [-0.4, -0.2) is 34.4 Å². The molecule has 0 saturated carbocycles. The number of rotatable bonds is 1. The highest BCUT2D eigenvalue weighted by Crippen LogP contribution is 2.31. The maximum absolute atomic E-state index is 13.6. The molecule has 1 aliphatic heterocycles. The molecule has 1 amide bonds. The quantitative estimate of drug-likeness (QED) is 0.779. The van der Waals surface area contributed by atoms with Crippen LogP contribution in [0.4, 0.5) is 4.39 Å². The second kappa shape index (κ2) is 5.31. The third kappa shape index (κ3) is 3.05. The average molecular weight is 267 g/mol. The molecule has 0 atom stereocenters. The van der Waals surface area contributed by atoms with E-state index in [9.17, 15) is 9.18 Å². The SMILES string of the molecule is CC1(C)CCN(C(=O)c2ccccc2F)CCS1. The summed E-state index contributed by atoms with van der Waals surface area (Å²) in [5.41, 5.74) is 0.183. The summed E-state index contributed by atoms with van der Waals surface area (Å²) in [4.78, 5) is 14.0. The first-order valence-corrected chi connectivity index (χ1v) is 7.16. The van der Waals surface area contributed by atoms with Gasteiger partial charge in [-0.3, -0.25) is 4.79 Å². The number of benzene rings is 1. The summed E-state index contributed by atoms with van der Waals surface area (Å²) in [5, 5.41) is 0. The van der Waals surface area contributed by atoms with Gasteiger partial charge in [0.05, 0.1) is 5.56 Å². The Labute approximate surface area is 112 Å². The van der Waals surface area contributed by atoms with E-state index in [1.54, 1.807) is 23.1 Å². The molecule has 2 rings (SSSR count). The molecule has 0 bridgehead atoms. The minimum atomic E-state index is -0.432. The first-order chi connectivity index (χ1) is 8.49. The van der Waals surface area contributed by atoms with Crippen molar-refractivity contribution in [1.82, 2.24) is 4.90 Å². The Kier molecular flexibility index (Phi) is 3.95. The molecule has 1 aliphatic rings. The molecule has 1 heterocycles. The second-order valence-electron chi connectivity index (χ2n) is 5.13. The van der Waals surface area contributed by atoms with Gasteiger partial charge in [0.15, 0.2) is 0 Å². The smallest absolute Gasteiger partial charge is 0.256 e. The third-order valence-corrected chi connectivity index (χ3v) is 4.60. The highest BCUT2D eigenvalue weighted by molar-refractivity contribution is 8.00. The number of hydrogen-bond acceptors (Lipinski definition) is 2. The van der Waals surface area contributed by atoms with Gasteiger partial charge in [-0.2, -0.15) is 11.8 Å². The van der Waals surface area contributed by atoms with Crippen LogP contribution in [0.15, 0.2) is 24.3 Å². The molecule has 0 spiro atoms. The van der Waals surface area contributed by atoms with Crippen molar-refractivity contribution in [3.05, 3.63) is 35.6 Å². The summed E-state index contributed by atoms with van der Waals surface area (Å²) in [6.45, 7) is 5.78. The van der Waals surface area contributed by atoms with E-state index in [2.05, 4.69) is 13.8 Å². The number of hydrogen-bond donors (Lipinski definition) is 0. The minimum absolute atomic E-state index is 0.183. The zero-order valence-electron chi connectivity index (χ0n) is 10.8. The Hall–Kier alpha value is -1.03. The highest BCUT2D eigenvalue weighted by Gasteiger charge is 2.27. The summed E-state index contributed by atoms with van der Waals surface area (Å²) < 4.78 is 13.8. The van der Waals surface area contributed by atoms with Crippen molar-refractivity contribution in [3.63, 3.8) is 0 Å². The number of amides is 1. The first-order valence-electron chi connectivity index (χ1n) is 6.17. The molecule has 0 unspecified atom stereocenters. The Morgan fingerprint density at radius 2 is 2.06 bits per heavy atom. The Morgan fingerprint density at radius 1 is 1.33 bits per heavy atom. The molecular formula is C14H18FNOS. The number of halogens is 1. The minimum Gasteiger partial charge on any atom is -0.338 e. The van der Waals surface area contributed by atoms with Gasteiger partial charge in [-0.1, -0.05) is 26.0 Å². The van der Waals surface area contributed by atoms with Gasteiger partial charge in [0, 0.05) is 23.6 Å². The Bertz CT molecular complexity index is 447. The van der Waals surface area contributed by atoms with E-state index in [1.807, 2.05) is 11.8 Å². The molecule has 1 saturated heterocycles. The fourth-order valence-corrected chi connectivity index (χ4v) is 3.13. The van der Waals surface area contributed by atoms with Crippen molar-refractivity contribution in [2.24, 2.45) is 0 Å². The summed E-state index contributed by atoms with van der Waals surface area (Å²) in [6, 6.07) is 6.20. The molecule has 1 aromatic carbocycles. The number of carbonyl (C=O) groups excluding carboxylic acids is 1. The molecular weight excluding hydrogens is 249 g/mol. The van der Waals surface area contributed by atoms with E-state index >= 15 is 0 Å². The van der Waals surface area contributed by atoms with E-state index < -0.39 is 5.82 Å². The van der Waals surface area contributed by atoms with Crippen LogP contribution in [0, 0.1) is 5.82 Å². The first kappa shape index (κ1) is 13.4. The number of thioether (sulfide) groups is 1. The van der Waals surface area contributed by atoms with Crippen LogP contribution in [0.3, 0.4) is 0 Å². The molecule has 0 N–H and O–H groups in total. The zero-order chi connectivity index (χ0) is 13.2. The predicted octanol–water partition coefficient (Wildman–Crippen LogP) is 3.18. The van der Waals surface area contributed by atoms with Crippen LogP contribution in [-0.2, 0) is 0 Å². The fourth-order valence-electron chi connectivity index (χ4n) is 2.03. The number of carbonyl (C=O) groups is 1. The maximum Gasteiger partial charge on any atom is 0.256 e. The molecule has 18 heavy (non-hydrogen) atoms. The van der Waals surface area contributed by atoms with E-state index in [0.29, 0.717) is 13.1 Å². The summed E-state index contributed by atoms with van der Waals surface area (Å²) in [5.74, 6) is 0.290. The lowest BCUT2D eigenvalue weighted by molar-refractivity contribution is 0.0760. The van der Waals surface area contributed by atoms with Gasteiger partial charge in [0.1, 0.15) is 5.82 Å². The van der Waals surface area contributed by atoms with E-state index in [-0.39, 0.29) is 16.2 Å². The molecule has 0 aliphatic carbocycles. The van der Waals surface area contributed by atoms with Crippen LogP contribution in [0.25, 0.3) is 0 Å². The van der Waals surface area contributed by atoms with Gasteiger partial charge >= 0.3 is 0 Å². The zero-order valence-corrected chi connectivity index (χ0v) is 11.6. The Balaban J connectivity index is 2.13. The van der Waals surface area contributed by atoms with Crippen molar-refractivity contribution in [2.75, 3.05) is 18.8 Å². The van der Waals surface area contributed by atoms with E-state index in [1.165, 1.54) is 6.07 Å². The lowest BCUT2D eigenvalue weighted by Gasteiger charge is -2.22. The van der Waals surface area contributed by atoms with Gasteiger partial charge in [-0.05, 0) is 18.6 Å². The van der Waals surface area contributed by atoms with Crippen LogP contribution in [0.5, 0.6) is 0 Å². The fraction of sp³-hybridized carbons (Fsp3) is 0.500. The van der Waals surface area contributed by atoms with Gasteiger partial charge in [0.25, 0.3) is 5.91 Å². The predicted molar refractivity (Wildman–Crippen MR) is 73.5 cm³/mol. The van der Waals surface area contributed by atoms with Gasteiger partial charge in [-0.25, -0.2) is 4.39 Å². The second-order valence-corrected chi connectivity index (χ2v) is 6.93. The standard InChI is InChI=1S/C14H18FNOS/c1-14(2)7-8-16(9-10-18-14)13(17)11-5-3-4-6-12(11)15/h3-6H,7-10H2,1-2H3. The van der Waals surface area contributed by atoms with Crippen molar-refractivity contribution in [1.29, 1.82) is 0 Å².